The van der Waals surface area contributed by atoms with Gasteiger partial charge in [0.05, 0.1) is 17.5 Å². The molecule has 0 fully saturated rings. The lowest BCUT2D eigenvalue weighted by molar-refractivity contribution is -0.145. The molecule has 3 rings (SSSR count). The van der Waals surface area contributed by atoms with Crippen LogP contribution in [0.25, 0.3) is 11.3 Å². The summed E-state index contributed by atoms with van der Waals surface area (Å²) in [6.45, 7) is 1.55. The largest absolute Gasteiger partial charge is 0.481 e. The van der Waals surface area contributed by atoms with Crippen molar-refractivity contribution in [1.29, 1.82) is 0 Å². The lowest BCUT2D eigenvalue weighted by atomic mass is 9.87. The highest BCUT2D eigenvalue weighted by Gasteiger charge is 2.30. The van der Waals surface area contributed by atoms with E-state index in [0.29, 0.717) is 22.3 Å². The van der Waals surface area contributed by atoms with E-state index < -0.39 is 17.8 Å². The molecule has 3 aromatic rings. The number of hydrogen-bond acceptors (Lipinski definition) is 4. The van der Waals surface area contributed by atoms with Crippen LogP contribution in [0.15, 0.2) is 60.0 Å². The van der Waals surface area contributed by atoms with Gasteiger partial charge in [0.2, 0.25) is 5.91 Å². The molecule has 1 aromatic heterocycles. The molecule has 28 heavy (non-hydrogen) atoms. The topological polar surface area (TPSA) is 79.3 Å². The predicted molar refractivity (Wildman–Crippen MR) is 112 cm³/mol. The second-order valence-corrected chi connectivity index (χ2v) is 7.70. The number of benzene rings is 2. The summed E-state index contributed by atoms with van der Waals surface area (Å²) in [5, 5.41) is 15.0. The SMILES string of the molecule is C[C@@H](C(=O)O)C(Cc1ccccc1)C(=O)Nc1nc(-c2ccccc2Cl)cs1. The van der Waals surface area contributed by atoms with Crippen LogP contribution >= 0.6 is 22.9 Å². The Bertz CT molecular complexity index is 975. The molecule has 2 aromatic carbocycles. The summed E-state index contributed by atoms with van der Waals surface area (Å²) < 4.78 is 0. The number of halogens is 1. The van der Waals surface area contributed by atoms with Gasteiger partial charge in [-0.05, 0) is 18.1 Å². The Morgan fingerprint density at radius 1 is 1.14 bits per heavy atom. The smallest absolute Gasteiger partial charge is 0.307 e. The van der Waals surface area contributed by atoms with Crippen LogP contribution in [0, 0.1) is 11.8 Å². The molecule has 1 unspecified atom stereocenters. The summed E-state index contributed by atoms with van der Waals surface area (Å²) in [7, 11) is 0. The number of nitrogens with zero attached hydrogens (tertiary/aromatic N) is 1. The van der Waals surface area contributed by atoms with E-state index >= 15 is 0 Å². The van der Waals surface area contributed by atoms with Crippen molar-refractivity contribution in [3.8, 4) is 11.3 Å². The Hall–Kier alpha value is -2.70. The number of carboxylic acids is 1. The van der Waals surface area contributed by atoms with Gasteiger partial charge in [0.25, 0.3) is 0 Å². The Morgan fingerprint density at radius 3 is 2.50 bits per heavy atom. The second-order valence-electron chi connectivity index (χ2n) is 6.43. The first kappa shape index (κ1) is 20.0. The van der Waals surface area contributed by atoms with Crippen LogP contribution in [-0.2, 0) is 16.0 Å². The van der Waals surface area contributed by atoms with Crippen molar-refractivity contribution in [3.05, 3.63) is 70.6 Å². The number of nitrogens with one attached hydrogen (secondary N) is 1. The summed E-state index contributed by atoms with van der Waals surface area (Å²) in [4.78, 5) is 28.8. The number of rotatable bonds is 7. The normalized spacial score (nSPS) is 12.9. The van der Waals surface area contributed by atoms with Crippen molar-refractivity contribution in [3.63, 3.8) is 0 Å². The number of anilines is 1. The summed E-state index contributed by atoms with van der Waals surface area (Å²) in [6, 6.07) is 16.7. The number of thiazole rings is 1. The molecule has 2 atom stereocenters. The van der Waals surface area contributed by atoms with Gasteiger partial charge in [-0.2, -0.15) is 0 Å². The maximum atomic E-state index is 12.8. The lowest BCUT2D eigenvalue weighted by Gasteiger charge is -2.19. The van der Waals surface area contributed by atoms with E-state index in [1.54, 1.807) is 13.0 Å². The van der Waals surface area contributed by atoms with Crippen LogP contribution in [0.4, 0.5) is 5.13 Å². The predicted octanol–water partition coefficient (Wildman–Crippen LogP) is 4.98. The van der Waals surface area contributed by atoms with Crippen LogP contribution in [-0.4, -0.2) is 22.0 Å². The molecule has 0 aliphatic heterocycles. The summed E-state index contributed by atoms with van der Waals surface area (Å²) in [5.74, 6) is -2.92. The van der Waals surface area contributed by atoms with Gasteiger partial charge >= 0.3 is 5.97 Å². The minimum absolute atomic E-state index is 0.336. The first-order valence-electron chi connectivity index (χ1n) is 8.73. The summed E-state index contributed by atoms with van der Waals surface area (Å²) in [5.41, 5.74) is 2.35. The van der Waals surface area contributed by atoms with Crippen molar-refractivity contribution in [2.75, 3.05) is 5.32 Å². The Kier molecular flexibility index (Phi) is 6.44. The van der Waals surface area contributed by atoms with E-state index in [0.717, 1.165) is 11.1 Å². The average Bonchev–Trinajstić information content (AvgIpc) is 3.14. The fourth-order valence-electron chi connectivity index (χ4n) is 2.86. The molecular formula is C21H19ClN2O3S. The molecule has 1 heterocycles. The van der Waals surface area contributed by atoms with E-state index in [1.807, 2.05) is 53.9 Å². The van der Waals surface area contributed by atoms with Crippen molar-refractivity contribution >= 4 is 39.9 Å². The number of amides is 1. The van der Waals surface area contributed by atoms with Crippen LogP contribution in [0.2, 0.25) is 5.02 Å². The highest BCUT2D eigenvalue weighted by Crippen LogP contribution is 2.31. The van der Waals surface area contributed by atoms with Crippen LogP contribution < -0.4 is 5.32 Å². The van der Waals surface area contributed by atoms with Gasteiger partial charge < -0.3 is 10.4 Å². The van der Waals surface area contributed by atoms with Gasteiger partial charge in [-0.25, -0.2) is 4.98 Å². The zero-order valence-electron chi connectivity index (χ0n) is 15.1. The van der Waals surface area contributed by atoms with Crippen LogP contribution in [0.3, 0.4) is 0 Å². The molecule has 2 N–H and O–H groups in total. The standard InChI is InChI=1S/C21H19ClN2O3S/c1-13(20(26)27)16(11-14-7-3-2-4-8-14)19(25)24-21-23-18(12-28-21)15-9-5-6-10-17(15)22/h2-10,12-13,16H,11H2,1H3,(H,26,27)(H,23,24,25)/t13-,16?/m1/s1. The maximum Gasteiger partial charge on any atom is 0.307 e. The Morgan fingerprint density at radius 2 is 1.82 bits per heavy atom. The molecule has 0 aliphatic carbocycles. The third kappa shape index (κ3) is 4.77. The molecule has 0 aliphatic rings. The van der Waals surface area contributed by atoms with Gasteiger partial charge in [0.1, 0.15) is 0 Å². The number of aliphatic carboxylic acids is 1. The van der Waals surface area contributed by atoms with E-state index in [9.17, 15) is 14.7 Å². The fourth-order valence-corrected chi connectivity index (χ4v) is 3.80. The molecule has 0 radical (unpaired) electrons. The molecule has 0 saturated carbocycles. The highest BCUT2D eigenvalue weighted by atomic mass is 35.5. The van der Waals surface area contributed by atoms with E-state index in [2.05, 4.69) is 10.3 Å². The Labute approximate surface area is 172 Å². The molecule has 0 saturated heterocycles. The van der Waals surface area contributed by atoms with Crippen molar-refractivity contribution in [2.24, 2.45) is 11.8 Å². The van der Waals surface area contributed by atoms with Gasteiger partial charge in [0, 0.05) is 16.0 Å². The van der Waals surface area contributed by atoms with Crippen LogP contribution in [0.5, 0.6) is 0 Å². The monoisotopic (exact) mass is 414 g/mol. The molecule has 0 spiro atoms. The fraction of sp³-hybridized carbons (Fsp3) is 0.190. The number of hydrogen-bond donors (Lipinski definition) is 2. The molecular weight excluding hydrogens is 396 g/mol. The third-order valence-corrected chi connectivity index (χ3v) is 5.60. The van der Waals surface area contributed by atoms with Gasteiger partial charge in [0.15, 0.2) is 5.13 Å². The minimum atomic E-state index is -1.01. The van der Waals surface area contributed by atoms with Gasteiger partial charge in [-0.15, -0.1) is 11.3 Å². The van der Waals surface area contributed by atoms with Crippen LogP contribution in [0.1, 0.15) is 12.5 Å². The van der Waals surface area contributed by atoms with Gasteiger partial charge in [-0.1, -0.05) is 67.1 Å². The number of carbonyl (C=O) groups is 2. The van der Waals surface area contributed by atoms with Crippen molar-refractivity contribution < 1.29 is 14.7 Å². The molecule has 0 bridgehead atoms. The van der Waals surface area contributed by atoms with Crippen molar-refractivity contribution in [1.82, 2.24) is 4.98 Å². The minimum Gasteiger partial charge on any atom is -0.481 e. The van der Waals surface area contributed by atoms with E-state index in [4.69, 9.17) is 11.6 Å². The summed E-state index contributed by atoms with van der Waals surface area (Å²) >= 11 is 7.48. The zero-order valence-corrected chi connectivity index (χ0v) is 16.7. The average molecular weight is 415 g/mol. The number of carbonyl (C=O) groups excluding carboxylic acids is 1. The lowest BCUT2D eigenvalue weighted by Crippen LogP contribution is -2.33. The molecule has 5 nitrogen and oxygen atoms in total. The van der Waals surface area contributed by atoms with E-state index in [1.165, 1.54) is 11.3 Å². The quantitative estimate of drug-likeness (QED) is 0.571. The van der Waals surface area contributed by atoms with Gasteiger partial charge in [-0.3, -0.25) is 9.59 Å². The van der Waals surface area contributed by atoms with E-state index in [-0.39, 0.29) is 5.91 Å². The second kappa shape index (κ2) is 8.99. The molecule has 144 valence electrons. The first-order valence-corrected chi connectivity index (χ1v) is 9.99. The third-order valence-electron chi connectivity index (χ3n) is 4.51. The first-order chi connectivity index (χ1) is 13.5. The zero-order chi connectivity index (χ0) is 20.1. The highest BCUT2D eigenvalue weighted by molar-refractivity contribution is 7.14. The Balaban J connectivity index is 1.78. The number of carboxylic acid groups (broad SMARTS) is 1. The summed E-state index contributed by atoms with van der Waals surface area (Å²) in [6.07, 6.45) is 0.336. The number of aromatic nitrogens is 1. The molecule has 7 heteroatoms. The molecule has 1 amide bonds. The van der Waals surface area contributed by atoms with Crippen molar-refractivity contribution in [2.45, 2.75) is 13.3 Å². The maximum absolute atomic E-state index is 12.8.